The molecule has 0 saturated heterocycles. The molecule has 1 rings (SSSR count). The van der Waals surface area contributed by atoms with E-state index in [1.165, 1.54) is 6.08 Å². The van der Waals surface area contributed by atoms with E-state index in [-0.39, 0.29) is 12.2 Å². The van der Waals surface area contributed by atoms with E-state index < -0.39 is 17.7 Å². The summed E-state index contributed by atoms with van der Waals surface area (Å²) in [6, 6.07) is 0. The molecule has 0 fully saturated rings. The van der Waals surface area contributed by atoms with Crippen LogP contribution in [0.15, 0.2) is 11.8 Å². The van der Waals surface area contributed by atoms with Gasteiger partial charge in [0, 0.05) is 18.9 Å². The van der Waals surface area contributed by atoms with Crippen LogP contribution in [-0.2, 0) is 19.1 Å². The fraction of sp³-hybridized carbons (Fsp3) is 0.500. The molecule has 1 aliphatic rings. The minimum atomic E-state index is -1.23. The number of hydrogen-bond donors (Lipinski definition) is 0. The average Bonchev–Trinajstić information content (AvgIpc) is 2.16. The van der Waals surface area contributed by atoms with Gasteiger partial charge in [-0.05, 0) is 0 Å². The highest BCUT2D eigenvalue weighted by atomic mass is 16.5. The van der Waals surface area contributed by atoms with Crippen LogP contribution in [0.4, 0.5) is 0 Å². The predicted octanol–water partition coefficient (Wildman–Crippen LogP) is 1.00. The molecule has 4 heteroatoms. The number of hydrogen-bond acceptors (Lipinski definition) is 4. The maximum absolute atomic E-state index is 11.4. The van der Waals surface area contributed by atoms with Crippen LogP contribution in [0, 0.1) is 5.92 Å². The van der Waals surface area contributed by atoms with Crippen molar-refractivity contribution >= 4 is 17.5 Å². The fourth-order valence-corrected chi connectivity index (χ4v) is 1.24. The summed E-state index contributed by atoms with van der Waals surface area (Å²) >= 11 is 0. The Morgan fingerprint density at radius 3 is 2.50 bits per heavy atom. The van der Waals surface area contributed by atoms with Crippen molar-refractivity contribution in [1.29, 1.82) is 0 Å². The molecular weight excluding hydrogens is 184 g/mol. The van der Waals surface area contributed by atoms with Gasteiger partial charge in [0.25, 0.3) is 0 Å². The third-order valence-electron chi connectivity index (χ3n) is 2.07. The molecule has 0 spiro atoms. The number of esters is 1. The van der Waals surface area contributed by atoms with Gasteiger partial charge in [0.05, 0.1) is 0 Å². The number of carbonyl (C=O) groups excluding carboxylic acids is 3. The lowest BCUT2D eigenvalue weighted by molar-refractivity contribution is -0.153. The van der Waals surface area contributed by atoms with Gasteiger partial charge < -0.3 is 4.74 Å². The highest BCUT2D eigenvalue weighted by Gasteiger charge is 2.36. The Labute approximate surface area is 81.9 Å². The third kappa shape index (κ3) is 1.89. The highest BCUT2D eigenvalue weighted by molar-refractivity contribution is 6.21. The molecule has 0 aromatic carbocycles. The summed E-state index contributed by atoms with van der Waals surface area (Å²) < 4.78 is 4.82. The van der Waals surface area contributed by atoms with Crippen LogP contribution in [0.2, 0.25) is 0 Å². The zero-order valence-electron chi connectivity index (χ0n) is 8.20. The van der Waals surface area contributed by atoms with Crippen LogP contribution >= 0.6 is 0 Å². The first-order valence-electron chi connectivity index (χ1n) is 4.59. The van der Waals surface area contributed by atoms with E-state index in [9.17, 15) is 14.4 Å². The minimum Gasteiger partial charge on any atom is -0.430 e. The molecule has 14 heavy (non-hydrogen) atoms. The lowest BCUT2D eigenvalue weighted by atomic mass is 9.95. The first-order chi connectivity index (χ1) is 6.60. The van der Waals surface area contributed by atoms with Crippen molar-refractivity contribution in [3.8, 4) is 0 Å². The Morgan fingerprint density at radius 1 is 1.43 bits per heavy atom. The lowest BCUT2D eigenvalue weighted by Gasteiger charge is -2.17. The van der Waals surface area contributed by atoms with Crippen LogP contribution in [0.25, 0.3) is 0 Å². The Hall–Kier alpha value is -1.45. The van der Waals surface area contributed by atoms with Crippen molar-refractivity contribution < 1.29 is 19.1 Å². The van der Waals surface area contributed by atoms with Gasteiger partial charge in [-0.3, -0.25) is 14.4 Å². The van der Waals surface area contributed by atoms with Gasteiger partial charge >= 0.3 is 5.97 Å². The summed E-state index contributed by atoms with van der Waals surface area (Å²) in [5.74, 6) is -2.46. The maximum Gasteiger partial charge on any atom is 0.329 e. The zero-order valence-corrected chi connectivity index (χ0v) is 8.20. The molecule has 0 N–H and O–H groups in total. The van der Waals surface area contributed by atoms with E-state index in [4.69, 9.17) is 4.74 Å². The summed E-state index contributed by atoms with van der Waals surface area (Å²) in [5.41, 5.74) is 0. The maximum atomic E-state index is 11.4. The van der Waals surface area contributed by atoms with Crippen LogP contribution in [0.1, 0.15) is 26.7 Å². The van der Waals surface area contributed by atoms with E-state index in [2.05, 4.69) is 0 Å². The van der Waals surface area contributed by atoms with Crippen molar-refractivity contribution in [2.45, 2.75) is 26.7 Å². The van der Waals surface area contributed by atoms with Crippen LogP contribution in [0.3, 0.4) is 0 Å². The number of rotatable bonds is 3. The zero-order chi connectivity index (χ0) is 10.7. The summed E-state index contributed by atoms with van der Waals surface area (Å²) in [4.78, 5) is 33.9. The van der Waals surface area contributed by atoms with Crippen molar-refractivity contribution in [3.05, 3.63) is 11.8 Å². The fourth-order valence-electron chi connectivity index (χ4n) is 1.24. The minimum absolute atomic E-state index is 0.167. The number of allylic oxidation sites excluding steroid dienone is 2. The Balaban J connectivity index is 2.92. The van der Waals surface area contributed by atoms with Gasteiger partial charge in [0.1, 0.15) is 5.76 Å². The van der Waals surface area contributed by atoms with Crippen molar-refractivity contribution in [2.24, 2.45) is 5.92 Å². The lowest BCUT2D eigenvalue weighted by Crippen LogP contribution is -2.35. The molecule has 0 unspecified atom stereocenters. The van der Waals surface area contributed by atoms with Gasteiger partial charge in [0.2, 0.25) is 0 Å². The van der Waals surface area contributed by atoms with E-state index in [0.717, 1.165) is 0 Å². The van der Waals surface area contributed by atoms with E-state index in [0.29, 0.717) is 12.2 Å². The summed E-state index contributed by atoms with van der Waals surface area (Å²) in [6.45, 7) is 3.39. The monoisotopic (exact) mass is 196 g/mol. The molecule has 76 valence electrons. The Bertz CT molecular complexity index is 314. The van der Waals surface area contributed by atoms with Gasteiger partial charge in [-0.1, -0.05) is 13.8 Å². The molecule has 1 heterocycles. The number of ketones is 2. The molecule has 0 amide bonds. The van der Waals surface area contributed by atoms with E-state index >= 15 is 0 Å². The number of carbonyl (C=O) groups is 3. The largest absolute Gasteiger partial charge is 0.430 e. The number of Topliss-reactive ketones (excluding diaryl/α,β-unsaturated/α-hetero) is 1. The second-order valence-electron chi connectivity index (χ2n) is 3.04. The average molecular weight is 196 g/mol. The smallest absolute Gasteiger partial charge is 0.329 e. The summed E-state index contributed by atoms with van der Waals surface area (Å²) in [5, 5.41) is 0. The second kappa shape index (κ2) is 4.17. The predicted molar refractivity (Wildman–Crippen MR) is 48.3 cm³/mol. The molecule has 0 bridgehead atoms. The standard InChI is InChI=1S/C10H12O4/c1-3-6-5-8(12)9(7(11)4-2)10(13)14-6/h5,9H,3-4H2,1-2H3/t9-/m1/s1. The van der Waals surface area contributed by atoms with E-state index in [1.807, 2.05) is 0 Å². The van der Waals surface area contributed by atoms with Gasteiger partial charge in [-0.25, -0.2) is 0 Å². The number of ether oxygens (including phenoxy) is 1. The summed E-state index contributed by atoms with van der Waals surface area (Å²) in [7, 11) is 0. The van der Waals surface area contributed by atoms with E-state index in [1.54, 1.807) is 13.8 Å². The van der Waals surface area contributed by atoms with Gasteiger partial charge in [-0.2, -0.15) is 0 Å². The van der Waals surface area contributed by atoms with Crippen LogP contribution in [-0.4, -0.2) is 17.5 Å². The van der Waals surface area contributed by atoms with Gasteiger partial charge in [-0.15, -0.1) is 0 Å². The van der Waals surface area contributed by atoms with Crippen molar-refractivity contribution in [1.82, 2.24) is 0 Å². The quantitative estimate of drug-likeness (QED) is 0.499. The molecule has 4 nitrogen and oxygen atoms in total. The SMILES string of the molecule is CCC(=O)[C@@H]1C(=O)C=C(CC)OC1=O. The molecule has 0 radical (unpaired) electrons. The molecule has 0 aliphatic carbocycles. The number of cyclic esters (lactones) is 1. The van der Waals surface area contributed by atoms with Gasteiger partial charge in [0.15, 0.2) is 17.5 Å². The molecule has 0 aromatic heterocycles. The summed E-state index contributed by atoms with van der Waals surface area (Å²) in [6.07, 6.45) is 1.88. The Morgan fingerprint density at radius 2 is 2.07 bits per heavy atom. The first kappa shape index (κ1) is 10.6. The Kier molecular flexibility index (Phi) is 3.17. The molecule has 0 aromatic rings. The third-order valence-corrected chi connectivity index (χ3v) is 2.07. The van der Waals surface area contributed by atoms with Crippen LogP contribution in [0.5, 0.6) is 0 Å². The van der Waals surface area contributed by atoms with Crippen molar-refractivity contribution in [3.63, 3.8) is 0 Å². The second-order valence-corrected chi connectivity index (χ2v) is 3.04. The van der Waals surface area contributed by atoms with Crippen LogP contribution < -0.4 is 0 Å². The van der Waals surface area contributed by atoms with Crippen molar-refractivity contribution in [2.75, 3.05) is 0 Å². The normalized spacial score (nSPS) is 21.6. The topological polar surface area (TPSA) is 60.4 Å². The molecule has 1 aliphatic heterocycles. The molecule has 1 atom stereocenters. The molecular formula is C10H12O4. The first-order valence-corrected chi connectivity index (χ1v) is 4.59. The highest BCUT2D eigenvalue weighted by Crippen LogP contribution is 2.18. The molecule has 0 saturated carbocycles.